The van der Waals surface area contributed by atoms with Gasteiger partial charge in [0.2, 0.25) is 5.79 Å². The molecule has 2 heterocycles. The van der Waals surface area contributed by atoms with Gasteiger partial charge in [0, 0.05) is 10.6 Å². The lowest BCUT2D eigenvalue weighted by Gasteiger charge is -2.45. The van der Waals surface area contributed by atoms with Crippen molar-refractivity contribution in [2.45, 2.75) is 57.1 Å². The minimum absolute atomic E-state index is 0.199. The van der Waals surface area contributed by atoms with Gasteiger partial charge in [0.05, 0.1) is 19.3 Å². The standard InChI is InChI=1S/C22H25ClO6/c1-3-27-16-6-4-13(5-7-16)8-14-9-17-15(10-18(14)23)11-28-22(17)21(26)20(25)19(24)12(2)29-22/h4-7,9-10,12,19-21,24-26H,3,8,11H2,1-2H3/t12-,19-,20+,21-,22+/m1/s1. The monoisotopic (exact) mass is 420 g/mol. The van der Waals surface area contributed by atoms with Crippen LogP contribution in [-0.4, -0.2) is 46.3 Å². The van der Waals surface area contributed by atoms with E-state index in [1.165, 1.54) is 0 Å². The third-order valence-corrected chi connectivity index (χ3v) is 5.98. The van der Waals surface area contributed by atoms with E-state index in [9.17, 15) is 15.3 Å². The smallest absolute Gasteiger partial charge is 0.225 e. The molecule has 156 valence electrons. The Balaban J connectivity index is 1.67. The molecule has 29 heavy (non-hydrogen) atoms. The van der Waals surface area contributed by atoms with Gasteiger partial charge in [0.25, 0.3) is 0 Å². The zero-order valence-corrected chi connectivity index (χ0v) is 17.1. The number of rotatable bonds is 4. The Hall–Kier alpha value is -1.67. The second-order valence-corrected chi connectivity index (χ2v) is 7.97. The summed E-state index contributed by atoms with van der Waals surface area (Å²) < 4.78 is 17.2. The average molecular weight is 421 g/mol. The van der Waals surface area contributed by atoms with Gasteiger partial charge in [0.1, 0.15) is 24.1 Å². The quantitative estimate of drug-likeness (QED) is 0.704. The highest BCUT2D eigenvalue weighted by atomic mass is 35.5. The summed E-state index contributed by atoms with van der Waals surface area (Å²) >= 11 is 6.51. The Morgan fingerprint density at radius 3 is 2.55 bits per heavy atom. The van der Waals surface area contributed by atoms with E-state index in [0.717, 1.165) is 22.4 Å². The highest BCUT2D eigenvalue weighted by molar-refractivity contribution is 6.31. The van der Waals surface area contributed by atoms with Crippen molar-refractivity contribution in [2.75, 3.05) is 6.61 Å². The van der Waals surface area contributed by atoms with Crippen molar-refractivity contribution in [1.29, 1.82) is 0 Å². The predicted octanol–water partition coefficient (Wildman–Crippen LogP) is 2.51. The summed E-state index contributed by atoms with van der Waals surface area (Å²) in [6, 6.07) is 11.5. The first-order valence-electron chi connectivity index (χ1n) is 9.75. The Morgan fingerprint density at radius 1 is 1.14 bits per heavy atom. The number of halogens is 1. The van der Waals surface area contributed by atoms with Crippen LogP contribution in [-0.2, 0) is 28.3 Å². The maximum Gasteiger partial charge on any atom is 0.225 e. The zero-order valence-electron chi connectivity index (χ0n) is 16.3. The topological polar surface area (TPSA) is 88.4 Å². The van der Waals surface area contributed by atoms with Crippen LogP contribution in [0, 0.1) is 0 Å². The van der Waals surface area contributed by atoms with Crippen LogP contribution in [0.3, 0.4) is 0 Å². The molecule has 1 saturated heterocycles. The lowest BCUT2D eigenvalue weighted by atomic mass is 9.86. The second-order valence-electron chi connectivity index (χ2n) is 7.56. The molecule has 0 aliphatic carbocycles. The van der Waals surface area contributed by atoms with Gasteiger partial charge in [-0.1, -0.05) is 23.7 Å². The molecule has 3 N–H and O–H groups in total. The average Bonchev–Trinajstić information content (AvgIpc) is 3.05. The number of benzene rings is 2. The summed E-state index contributed by atoms with van der Waals surface area (Å²) in [5, 5.41) is 31.6. The minimum Gasteiger partial charge on any atom is -0.494 e. The van der Waals surface area contributed by atoms with Crippen molar-refractivity contribution in [1.82, 2.24) is 0 Å². The number of hydrogen-bond acceptors (Lipinski definition) is 6. The molecule has 0 radical (unpaired) electrons. The molecule has 0 saturated carbocycles. The third-order valence-electron chi connectivity index (χ3n) is 5.62. The van der Waals surface area contributed by atoms with Crippen molar-refractivity contribution >= 4 is 11.6 Å². The molecule has 1 fully saturated rings. The van der Waals surface area contributed by atoms with Crippen molar-refractivity contribution in [3.05, 3.63) is 63.7 Å². The molecule has 2 aliphatic heterocycles. The van der Waals surface area contributed by atoms with E-state index < -0.39 is 30.2 Å². The fourth-order valence-electron chi connectivity index (χ4n) is 4.04. The number of fused-ring (bicyclic) bond motifs is 2. The summed E-state index contributed by atoms with van der Waals surface area (Å²) in [5.41, 5.74) is 3.33. The largest absolute Gasteiger partial charge is 0.494 e. The lowest BCUT2D eigenvalue weighted by Crippen LogP contribution is -2.62. The number of aliphatic hydroxyl groups excluding tert-OH is 3. The molecule has 0 amide bonds. The fraction of sp³-hybridized carbons (Fsp3) is 0.455. The molecule has 2 aromatic carbocycles. The second kappa shape index (κ2) is 7.87. The van der Waals surface area contributed by atoms with Crippen molar-refractivity contribution in [3.63, 3.8) is 0 Å². The molecule has 2 aliphatic rings. The summed E-state index contributed by atoms with van der Waals surface area (Å²) in [5.74, 6) is -0.713. The van der Waals surface area contributed by atoms with Crippen LogP contribution in [0.4, 0.5) is 0 Å². The van der Waals surface area contributed by atoms with Crippen LogP contribution in [0.1, 0.15) is 36.1 Å². The number of ether oxygens (including phenoxy) is 3. The molecule has 4 rings (SSSR count). The van der Waals surface area contributed by atoms with Crippen molar-refractivity contribution in [2.24, 2.45) is 0 Å². The van der Waals surface area contributed by atoms with Gasteiger partial charge in [-0.15, -0.1) is 0 Å². The van der Waals surface area contributed by atoms with E-state index in [1.54, 1.807) is 6.92 Å². The van der Waals surface area contributed by atoms with Crippen LogP contribution in [0.2, 0.25) is 5.02 Å². The molecule has 0 bridgehead atoms. The summed E-state index contributed by atoms with van der Waals surface area (Å²) in [6.45, 7) is 4.39. The first-order valence-corrected chi connectivity index (χ1v) is 10.1. The molecular weight excluding hydrogens is 396 g/mol. The zero-order chi connectivity index (χ0) is 20.8. The normalized spacial score (nSPS) is 31.1. The molecule has 5 atom stereocenters. The lowest BCUT2D eigenvalue weighted by molar-refractivity contribution is -0.362. The van der Waals surface area contributed by atoms with Gasteiger partial charge in [-0.05, 0) is 61.2 Å². The van der Waals surface area contributed by atoms with Crippen LogP contribution >= 0.6 is 11.6 Å². The van der Waals surface area contributed by atoms with Gasteiger partial charge >= 0.3 is 0 Å². The van der Waals surface area contributed by atoms with Crippen LogP contribution in [0.5, 0.6) is 5.75 Å². The van der Waals surface area contributed by atoms with E-state index in [-0.39, 0.29) is 6.61 Å². The van der Waals surface area contributed by atoms with Crippen LogP contribution in [0.15, 0.2) is 36.4 Å². The van der Waals surface area contributed by atoms with E-state index in [1.807, 2.05) is 43.3 Å². The SMILES string of the molecule is CCOc1ccc(Cc2cc3c(cc2Cl)CO[C@]32O[C@H](C)[C@@H](O)[C@H](O)[C@H]2O)cc1. The van der Waals surface area contributed by atoms with Gasteiger partial charge in [-0.3, -0.25) is 0 Å². The van der Waals surface area contributed by atoms with E-state index in [0.29, 0.717) is 23.6 Å². The third kappa shape index (κ3) is 3.54. The summed E-state index contributed by atoms with van der Waals surface area (Å²) in [6.07, 6.45) is -4.13. The maximum absolute atomic E-state index is 10.7. The molecular formula is C22H25ClO6. The minimum atomic E-state index is -1.52. The van der Waals surface area contributed by atoms with E-state index in [4.69, 9.17) is 25.8 Å². The van der Waals surface area contributed by atoms with Gasteiger partial charge in [-0.2, -0.15) is 0 Å². The highest BCUT2D eigenvalue weighted by Gasteiger charge is 2.57. The Morgan fingerprint density at radius 2 is 1.86 bits per heavy atom. The number of hydrogen-bond donors (Lipinski definition) is 3. The van der Waals surface area contributed by atoms with Gasteiger partial charge in [0.15, 0.2) is 0 Å². The van der Waals surface area contributed by atoms with Gasteiger partial charge in [-0.25, -0.2) is 0 Å². The molecule has 6 nitrogen and oxygen atoms in total. The molecule has 1 spiro atoms. The van der Waals surface area contributed by atoms with Crippen LogP contribution < -0.4 is 4.74 Å². The van der Waals surface area contributed by atoms with Crippen LogP contribution in [0.25, 0.3) is 0 Å². The fourth-order valence-corrected chi connectivity index (χ4v) is 4.29. The Kier molecular flexibility index (Phi) is 5.59. The molecule has 2 aromatic rings. The predicted molar refractivity (Wildman–Crippen MR) is 107 cm³/mol. The first-order chi connectivity index (χ1) is 13.9. The summed E-state index contributed by atoms with van der Waals surface area (Å²) in [7, 11) is 0. The first kappa shape index (κ1) is 20.6. The van der Waals surface area contributed by atoms with Crippen molar-refractivity contribution < 1.29 is 29.5 Å². The van der Waals surface area contributed by atoms with Crippen molar-refractivity contribution in [3.8, 4) is 5.75 Å². The molecule has 7 heteroatoms. The Bertz CT molecular complexity index is 886. The maximum atomic E-state index is 10.7. The molecule has 0 aromatic heterocycles. The van der Waals surface area contributed by atoms with Gasteiger partial charge < -0.3 is 29.5 Å². The number of aliphatic hydroxyl groups is 3. The highest BCUT2D eigenvalue weighted by Crippen LogP contribution is 2.47. The Labute approximate surface area is 174 Å². The van der Waals surface area contributed by atoms with E-state index >= 15 is 0 Å². The summed E-state index contributed by atoms with van der Waals surface area (Å²) in [4.78, 5) is 0. The van der Waals surface area contributed by atoms with E-state index in [2.05, 4.69) is 0 Å². The molecule has 0 unspecified atom stereocenters.